The van der Waals surface area contributed by atoms with Crippen LogP contribution in [0.25, 0.3) is 22.2 Å². The molecule has 0 atom stereocenters. The van der Waals surface area contributed by atoms with E-state index in [0.29, 0.717) is 16.6 Å². The first-order valence-corrected chi connectivity index (χ1v) is 11.8. The molecular formula is C20H16N2O5S2. The maximum absolute atomic E-state index is 12.8. The monoisotopic (exact) mass is 428 g/mol. The van der Waals surface area contributed by atoms with Crippen molar-refractivity contribution >= 4 is 30.9 Å². The van der Waals surface area contributed by atoms with Crippen LogP contribution in [0.3, 0.4) is 0 Å². The van der Waals surface area contributed by atoms with Crippen molar-refractivity contribution in [3.05, 3.63) is 72.8 Å². The van der Waals surface area contributed by atoms with Gasteiger partial charge in [-0.3, -0.25) is 5.10 Å². The van der Waals surface area contributed by atoms with Crippen molar-refractivity contribution in [3.8, 4) is 17.0 Å². The van der Waals surface area contributed by atoms with Crippen LogP contribution in [0.1, 0.15) is 0 Å². The molecule has 0 unspecified atom stereocenters. The number of para-hydroxylation sites is 1. The van der Waals surface area contributed by atoms with Gasteiger partial charge in [-0.1, -0.05) is 42.5 Å². The topological polar surface area (TPSA) is 106 Å². The zero-order valence-corrected chi connectivity index (χ0v) is 16.9. The molecule has 4 aromatic rings. The molecular weight excluding hydrogens is 412 g/mol. The van der Waals surface area contributed by atoms with Gasteiger partial charge in [-0.15, -0.1) is 0 Å². The zero-order valence-electron chi connectivity index (χ0n) is 15.2. The molecule has 0 bridgehead atoms. The van der Waals surface area contributed by atoms with Crippen molar-refractivity contribution in [2.24, 2.45) is 0 Å². The number of H-pyrrole nitrogens is 1. The Bertz CT molecular complexity index is 1410. The average molecular weight is 428 g/mol. The number of fused-ring (bicyclic) bond motifs is 1. The number of hydrogen-bond acceptors (Lipinski definition) is 6. The van der Waals surface area contributed by atoms with Crippen molar-refractivity contribution in [2.75, 3.05) is 6.26 Å². The van der Waals surface area contributed by atoms with E-state index in [9.17, 15) is 16.8 Å². The minimum absolute atomic E-state index is 0.105. The van der Waals surface area contributed by atoms with Crippen LogP contribution in [-0.4, -0.2) is 33.3 Å². The summed E-state index contributed by atoms with van der Waals surface area (Å²) in [5.74, 6) is -0.245. The summed E-state index contributed by atoms with van der Waals surface area (Å²) in [6, 6.07) is 19.4. The van der Waals surface area contributed by atoms with Gasteiger partial charge in [-0.2, -0.15) is 13.5 Å². The Morgan fingerprint density at radius 2 is 1.55 bits per heavy atom. The molecule has 0 amide bonds. The Hall–Kier alpha value is -3.17. The quantitative estimate of drug-likeness (QED) is 0.488. The van der Waals surface area contributed by atoms with E-state index < -0.39 is 20.0 Å². The molecule has 9 heteroatoms. The molecule has 0 fully saturated rings. The third kappa shape index (κ3) is 3.74. The van der Waals surface area contributed by atoms with E-state index in [-0.39, 0.29) is 15.5 Å². The molecule has 3 aromatic carbocycles. The maximum Gasteiger partial charge on any atom is 0.339 e. The van der Waals surface area contributed by atoms with Gasteiger partial charge in [-0.05, 0) is 30.3 Å². The highest BCUT2D eigenvalue weighted by molar-refractivity contribution is 7.91. The highest BCUT2D eigenvalue weighted by atomic mass is 32.2. The molecule has 0 aliphatic carbocycles. The predicted octanol–water partition coefficient (Wildman–Crippen LogP) is 3.40. The Labute approximate surface area is 168 Å². The normalized spacial score (nSPS) is 12.2. The van der Waals surface area contributed by atoms with E-state index in [1.165, 1.54) is 36.4 Å². The van der Waals surface area contributed by atoms with E-state index in [4.69, 9.17) is 4.18 Å². The summed E-state index contributed by atoms with van der Waals surface area (Å²) in [4.78, 5) is -0.301. The van der Waals surface area contributed by atoms with E-state index >= 15 is 0 Å². The average Bonchev–Trinajstić information content (AvgIpc) is 3.11. The largest absolute Gasteiger partial charge is 0.378 e. The van der Waals surface area contributed by atoms with Crippen LogP contribution in [0.15, 0.2) is 82.6 Å². The summed E-state index contributed by atoms with van der Waals surface area (Å²) in [5, 5.41) is 7.77. The highest BCUT2D eigenvalue weighted by Gasteiger charge is 2.23. The first kappa shape index (κ1) is 19.2. The first-order chi connectivity index (χ1) is 13.8. The number of nitrogens with one attached hydrogen (secondary N) is 1. The number of nitrogens with zero attached hydrogens (tertiary/aromatic N) is 1. The minimum Gasteiger partial charge on any atom is -0.378 e. The standard InChI is InChI=1S/C20H16N2O5S2/c1-28(23,24)19-10-6-5-9-18(19)27-29(25,26)15-11-12-17-16(13-15)20(22-21-17)14-7-3-2-4-8-14/h2-13H,1H3,(H,21,22). The van der Waals surface area contributed by atoms with Gasteiger partial charge in [0, 0.05) is 17.2 Å². The molecule has 0 aliphatic heterocycles. The second-order valence-corrected chi connectivity index (χ2v) is 9.93. The molecule has 29 heavy (non-hydrogen) atoms. The fraction of sp³-hybridized carbons (Fsp3) is 0.0500. The lowest BCUT2D eigenvalue weighted by atomic mass is 10.1. The van der Waals surface area contributed by atoms with Gasteiger partial charge < -0.3 is 4.18 Å². The lowest BCUT2D eigenvalue weighted by Crippen LogP contribution is -2.12. The highest BCUT2D eigenvalue weighted by Crippen LogP contribution is 2.30. The number of sulfone groups is 1. The molecule has 0 saturated carbocycles. The molecule has 1 heterocycles. The lowest BCUT2D eigenvalue weighted by Gasteiger charge is -2.10. The van der Waals surface area contributed by atoms with Crippen LogP contribution < -0.4 is 4.18 Å². The fourth-order valence-electron chi connectivity index (χ4n) is 2.96. The van der Waals surface area contributed by atoms with Gasteiger partial charge in [-0.25, -0.2) is 8.42 Å². The van der Waals surface area contributed by atoms with Crippen molar-refractivity contribution in [2.45, 2.75) is 9.79 Å². The number of aromatic nitrogens is 2. The Morgan fingerprint density at radius 1 is 0.862 bits per heavy atom. The van der Waals surface area contributed by atoms with Crippen molar-refractivity contribution in [1.29, 1.82) is 0 Å². The summed E-state index contributed by atoms with van der Waals surface area (Å²) < 4.78 is 54.7. The van der Waals surface area contributed by atoms with Crippen molar-refractivity contribution < 1.29 is 21.0 Å². The lowest BCUT2D eigenvalue weighted by molar-refractivity contribution is 0.479. The second kappa shape index (κ2) is 7.02. The molecule has 1 N–H and O–H groups in total. The third-order valence-corrected chi connectivity index (χ3v) is 6.68. The SMILES string of the molecule is CS(=O)(=O)c1ccccc1OS(=O)(=O)c1ccc2[nH]nc(-c3ccccc3)c2c1. The Morgan fingerprint density at radius 3 is 2.28 bits per heavy atom. The molecule has 0 aliphatic rings. The number of aromatic amines is 1. The van der Waals surface area contributed by atoms with Crippen molar-refractivity contribution in [1.82, 2.24) is 10.2 Å². The third-order valence-electron chi connectivity index (χ3n) is 4.32. The molecule has 0 spiro atoms. The zero-order chi connectivity index (χ0) is 20.6. The Balaban J connectivity index is 1.79. The van der Waals surface area contributed by atoms with Gasteiger partial charge in [0.15, 0.2) is 15.6 Å². The van der Waals surface area contributed by atoms with E-state index in [0.717, 1.165) is 11.8 Å². The van der Waals surface area contributed by atoms with Crippen LogP contribution in [0.2, 0.25) is 0 Å². The van der Waals surface area contributed by atoms with Gasteiger partial charge >= 0.3 is 10.1 Å². The molecule has 4 rings (SSSR count). The summed E-state index contributed by atoms with van der Waals surface area (Å²) in [6.45, 7) is 0. The van der Waals surface area contributed by atoms with Crippen LogP contribution in [-0.2, 0) is 20.0 Å². The predicted molar refractivity (Wildman–Crippen MR) is 109 cm³/mol. The van der Waals surface area contributed by atoms with Crippen LogP contribution in [0, 0.1) is 0 Å². The van der Waals surface area contributed by atoms with E-state index in [2.05, 4.69) is 10.2 Å². The van der Waals surface area contributed by atoms with Crippen molar-refractivity contribution in [3.63, 3.8) is 0 Å². The van der Waals surface area contributed by atoms with Crippen LogP contribution >= 0.6 is 0 Å². The number of hydrogen-bond donors (Lipinski definition) is 1. The van der Waals surface area contributed by atoms with Gasteiger partial charge in [0.05, 0.1) is 11.2 Å². The Kier molecular flexibility index (Phi) is 4.64. The summed E-state index contributed by atoms with van der Waals surface area (Å²) in [6.07, 6.45) is 0.992. The molecule has 1 aromatic heterocycles. The molecule has 0 saturated heterocycles. The summed E-state index contributed by atoms with van der Waals surface area (Å²) in [7, 11) is -7.93. The second-order valence-electron chi connectivity index (χ2n) is 6.40. The number of rotatable bonds is 5. The van der Waals surface area contributed by atoms with E-state index in [1.807, 2.05) is 30.3 Å². The summed E-state index contributed by atoms with van der Waals surface area (Å²) in [5.41, 5.74) is 2.10. The molecule has 148 valence electrons. The summed E-state index contributed by atoms with van der Waals surface area (Å²) >= 11 is 0. The van der Waals surface area contributed by atoms with E-state index in [1.54, 1.807) is 6.07 Å². The minimum atomic E-state index is -4.27. The van der Waals surface area contributed by atoms with Gasteiger partial charge in [0.2, 0.25) is 0 Å². The van der Waals surface area contributed by atoms with Gasteiger partial charge in [0.1, 0.15) is 9.79 Å². The maximum atomic E-state index is 12.8. The number of benzene rings is 3. The first-order valence-electron chi connectivity index (χ1n) is 8.53. The van der Waals surface area contributed by atoms with Crippen LogP contribution in [0.4, 0.5) is 0 Å². The fourth-order valence-corrected chi connectivity index (χ4v) is 4.78. The van der Waals surface area contributed by atoms with Gasteiger partial charge in [0.25, 0.3) is 0 Å². The molecule has 0 radical (unpaired) electrons. The molecule has 7 nitrogen and oxygen atoms in total. The van der Waals surface area contributed by atoms with Crippen LogP contribution in [0.5, 0.6) is 5.75 Å². The smallest absolute Gasteiger partial charge is 0.339 e.